The summed E-state index contributed by atoms with van der Waals surface area (Å²) in [5, 5.41) is 19.1. The number of carbonyl (C=O) groups excluding carboxylic acids is 1. The van der Waals surface area contributed by atoms with Crippen molar-refractivity contribution >= 4 is 23.2 Å². The lowest BCUT2D eigenvalue weighted by Crippen LogP contribution is -2.45. The number of fused-ring (bicyclic) bond motifs is 1. The Kier molecular flexibility index (Phi) is 3.81. The van der Waals surface area contributed by atoms with Gasteiger partial charge in [0.1, 0.15) is 16.9 Å². The van der Waals surface area contributed by atoms with Crippen molar-refractivity contribution < 1.29 is 14.7 Å². The molecular weight excluding hydrogens is 336 g/mol. The molecule has 1 aromatic heterocycles. The molecular formula is C19H16N2O3S. The molecule has 1 amide bonds. The highest BCUT2D eigenvalue weighted by Gasteiger charge is 2.46. The molecule has 126 valence electrons. The third-order valence-electron chi connectivity index (χ3n) is 4.88. The zero-order chi connectivity index (χ0) is 17.6. The fourth-order valence-electron chi connectivity index (χ4n) is 3.53. The van der Waals surface area contributed by atoms with Gasteiger partial charge in [0.25, 0.3) is 5.91 Å². The van der Waals surface area contributed by atoms with E-state index in [0.717, 1.165) is 17.7 Å². The molecule has 0 bridgehead atoms. The first-order valence-electron chi connectivity index (χ1n) is 8.22. The molecule has 2 aromatic rings. The van der Waals surface area contributed by atoms with E-state index in [4.69, 9.17) is 5.26 Å². The topological polar surface area (TPSA) is 81.4 Å². The summed E-state index contributed by atoms with van der Waals surface area (Å²) in [5.41, 5.74) is 1.04. The highest BCUT2D eigenvalue weighted by atomic mass is 32.1. The van der Waals surface area contributed by atoms with Crippen molar-refractivity contribution in [1.82, 2.24) is 4.90 Å². The molecule has 1 aliphatic carbocycles. The quantitative estimate of drug-likeness (QED) is 0.914. The van der Waals surface area contributed by atoms with Gasteiger partial charge in [-0.15, -0.1) is 11.3 Å². The van der Waals surface area contributed by atoms with E-state index in [0.29, 0.717) is 28.5 Å². The maximum absolute atomic E-state index is 13.1. The van der Waals surface area contributed by atoms with Gasteiger partial charge < -0.3 is 10.0 Å². The summed E-state index contributed by atoms with van der Waals surface area (Å²) in [7, 11) is 0. The second-order valence-electron chi connectivity index (χ2n) is 6.56. The van der Waals surface area contributed by atoms with Crippen molar-refractivity contribution in [2.75, 3.05) is 6.54 Å². The lowest BCUT2D eigenvalue weighted by atomic mass is 9.82. The number of hydrogen-bond donors (Lipinski definition) is 1. The second kappa shape index (κ2) is 6.01. The van der Waals surface area contributed by atoms with Crippen molar-refractivity contribution in [1.29, 1.82) is 5.26 Å². The molecule has 0 spiro atoms. The van der Waals surface area contributed by atoms with Gasteiger partial charge in [-0.2, -0.15) is 5.26 Å². The Labute approximate surface area is 149 Å². The summed E-state index contributed by atoms with van der Waals surface area (Å²) in [6.45, 7) is 0.571. The molecule has 2 aliphatic rings. The molecule has 5 nitrogen and oxygen atoms in total. The van der Waals surface area contributed by atoms with Crippen molar-refractivity contribution in [3.8, 4) is 6.07 Å². The molecule has 1 fully saturated rings. The summed E-state index contributed by atoms with van der Waals surface area (Å²) in [6.07, 6.45) is 2.15. The lowest BCUT2D eigenvalue weighted by Gasteiger charge is -2.40. The van der Waals surface area contributed by atoms with E-state index in [1.807, 2.05) is 0 Å². The van der Waals surface area contributed by atoms with Gasteiger partial charge in [-0.25, -0.2) is 0 Å². The van der Waals surface area contributed by atoms with Crippen LogP contribution in [0.15, 0.2) is 36.4 Å². The van der Waals surface area contributed by atoms with E-state index < -0.39 is 17.9 Å². The van der Waals surface area contributed by atoms with Gasteiger partial charge >= 0.3 is 5.97 Å². The average molecular weight is 352 g/mol. The standard InChI is InChI=1S/C19H16N2O3S/c20-9-12-7-8-15(25-12)17-16(19(23)24)13-3-1-2-4-14(13)18(22)21(17)10-11-5-6-11/h1-4,7-8,11,16-17H,5-6,10H2,(H,23,24). The summed E-state index contributed by atoms with van der Waals surface area (Å²) >= 11 is 1.27. The van der Waals surface area contributed by atoms with Crippen LogP contribution in [0.25, 0.3) is 0 Å². The Bertz CT molecular complexity index is 894. The van der Waals surface area contributed by atoms with Crippen LogP contribution in [0.2, 0.25) is 0 Å². The maximum atomic E-state index is 13.1. The van der Waals surface area contributed by atoms with Crippen molar-refractivity contribution in [3.63, 3.8) is 0 Å². The predicted molar refractivity (Wildman–Crippen MR) is 92.4 cm³/mol. The minimum Gasteiger partial charge on any atom is -0.481 e. The van der Waals surface area contributed by atoms with Crippen LogP contribution in [0.1, 0.15) is 50.5 Å². The molecule has 0 saturated heterocycles. The number of thiophene rings is 1. The van der Waals surface area contributed by atoms with Gasteiger partial charge in [0, 0.05) is 17.0 Å². The predicted octanol–water partition coefficient (Wildman–Crippen LogP) is 3.40. The number of carboxylic acids is 1. The van der Waals surface area contributed by atoms with Crippen LogP contribution in [-0.2, 0) is 4.79 Å². The molecule has 2 heterocycles. The van der Waals surface area contributed by atoms with E-state index in [9.17, 15) is 14.7 Å². The Morgan fingerprint density at radius 1 is 1.28 bits per heavy atom. The molecule has 0 radical (unpaired) electrons. The number of hydrogen-bond acceptors (Lipinski definition) is 4. The summed E-state index contributed by atoms with van der Waals surface area (Å²) < 4.78 is 0. The molecule has 1 aliphatic heterocycles. The van der Waals surface area contributed by atoms with Gasteiger partial charge in [0.2, 0.25) is 0 Å². The van der Waals surface area contributed by atoms with Crippen molar-refractivity contribution in [2.45, 2.75) is 24.8 Å². The minimum atomic E-state index is -0.947. The van der Waals surface area contributed by atoms with E-state index >= 15 is 0 Å². The average Bonchev–Trinajstić information content (AvgIpc) is 3.30. The summed E-state index contributed by atoms with van der Waals surface area (Å²) in [6, 6.07) is 12.0. The number of nitriles is 1. The van der Waals surface area contributed by atoms with Crippen LogP contribution < -0.4 is 0 Å². The van der Waals surface area contributed by atoms with Crippen LogP contribution >= 0.6 is 11.3 Å². The number of carbonyl (C=O) groups is 2. The SMILES string of the molecule is N#Cc1ccc(C2C(C(=O)O)c3ccccc3C(=O)N2CC2CC2)s1. The fraction of sp³-hybridized carbons (Fsp3) is 0.316. The Morgan fingerprint density at radius 3 is 2.68 bits per heavy atom. The highest BCUT2D eigenvalue weighted by molar-refractivity contribution is 7.12. The van der Waals surface area contributed by atoms with Crippen LogP contribution in [0.4, 0.5) is 0 Å². The number of carboxylic acid groups (broad SMARTS) is 1. The molecule has 1 saturated carbocycles. The molecule has 1 aromatic carbocycles. The molecule has 1 N–H and O–H groups in total. The van der Waals surface area contributed by atoms with Gasteiger partial charge in [0.15, 0.2) is 0 Å². The third kappa shape index (κ3) is 2.71. The number of amides is 1. The number of aliphatic carboxylic acids is 1. The number of rotatable bonds is 4. The molecule has 2 unspecified atom stereocenters. The Morgan fingerprint density at radius 2 is 2.04 bits per heavy atom. The van der Waals surface area contributed by atoms with E-state index in [2.05, 4.69) is 6.07 Å². The van der Waals surface area contributed by atoms with Gasteiger partial charge in [-0.3, -0.25) is 9.59 Å². The maximum Gasteiger partial charge on any atom is 0.313 e. The Balaban J connectivity index is 1.87. The third-order valence-corrected chi connectivity index (χ3v) is 5.95. The van der Waals surface area contributed by atoms with Crippen LogP contribution in [0.5, 0.6) is 0 Å². The zero-order valence-electron chi connectivity index (χ0n) is 13.4. The molecule has 25 heavy (non-hydrogen) atoms. The Hall–Kier alpha value is -2.65. The van der Waals surface area contributed by atoms with E-state index in [1.54, 1.807) is 41.3 Å². The summed E-state index contributed by atoms with van der Waals surface area (Å²) in [4.78, 5) is 28.2. The largest absolute Gasteiger partial charge is 0.481 e. The highest BCUT2D eigenvalue weighted by Crippen LogP contribution is 2.46. The number of benzene rings is 1. The monoisotopic (exact) mass is 352 g/mol. The summed E-state index contributed by atoms with van der Waals surface area (Å²) in [5.74, 6) is -1.44. The van der Waals surface area contributed by atoms with Crippen LogP contribution in [0, 0.1) is 17.2 Å². The smallest absolute Gasteiger partial charge is 0.313 e. The van der Waals surface area contributed by atoms with Gasteiger partial charge in [-0.05, 0) is 42.5 Å². The number of nitrogens with zero attached hydrogens (tertiary/aromatic N) is 2. The zero-order valence-corrected chi connectivity index (χ0v) is 14.2. The van der Waals surface area contributed by atoms with Crippen LogP contribution in [0.3, 0.4) is 0 Å². The first-order valence-corrected chi connectivity index (χ1v) is 9.04. The lowest BCUT2D eigenvalue weighted by molar-refractivity contribution is -0.140. The van der Waals surface area contributed by atoms with Crippen molar-refractivity contribution in [3.05, 3.63) is 57.3 Å². The first kappa shape index (κ1) is 15.9. The van der Waals surface area contributed by atoms with Gasteiger partial charge in [0.05, 0.1) is 6.04 Å². The van der Waals surface area contributed by atoms with Crippen LogP contribution in [-0.4, -0.2) is 28.4 Å². The van der Waals surface area contributed by atoms with Gasteiger partial charge in [-0.1, -0.05) is 18.2 Å². The minimum absolute atomic E-state index is 0.114. The molecule has 4 rings (SSSR count). The molecule has 2 atom stereocenters. The van der Waals surface area contributed by atoms with E-state index in [1.165, 1.54) is 11.3 Å². The van der Waals surface area contributed by atoms with Crippen molar-refractivity contribution in [2.24, 2.45) is 5.92 Å². The normalized spacial score (nSPS) is 22.4. The molecule has 6 heteroatoms. The second-order valence-corrected chi connectivity index (χ2v) is 7.68. The fourth-order valence-corrected chi connectivity index (χ4v) is 4.48. The first-order chi connectivity index (χ1) is 12.1. The van der Waals surface area contributed by atoms with E-state index in [-0.39, 0.29) is 5.91 Å².